The number of amides is 1. The zero-order chi connectivity index (χ0) is 17.9. The van der Waals surface area contributed by atoms with Gasteiger partial charge >= 0.3 is 0 Å². The first-order valence-corrected chi connectivity index (χ1v) is 9.03. The molecule has 0 N–H and O–H groups in total. The molecule has 0 spiro atoms. The number of likely N-dealkylation sites (tertiary alicyclic amines) is 1. The second kappa shape index (κ2) is 7.33. The maximum Gasteiger partial charge on any atom is 0.244 e. The van der Waals surface area contributed by atoms with Gasteiger partial charge in [0.05, 0.1) is 6.20 Å². The van der Waals surface area contributed by atoms with E-state index in [1.54, 1.807) is 23.3 Å². The smallest absolute Gasteiger partial charge is 0.244 e. The molecule has 0 saturated carbocycles. The minimum absolute atomic E-state index is 0.0331. The zero-order valence-corrected chi connectivity index (χ0v) is 15.0. The molecule has 3 heterocycles. The number of carbonyl (C=O) groups is 1. The fraction of sp³-hybridized carbons (Fsp3) is 0.316. The van der Waals surface area contributed by atoms with Crippen LogP contribution in [0.4, 0.5) is 0 Å². The summed E-state index contributed by atoms with van der Waals surface area (Å²) < 4.78 is 7.59. The Morgan fingerprint density at radius 2 is 2.27 bits per heavy atom. The maximum atomic E-state index is 12.6. The summed E-state index contributed by atoms with van der Waals surface area (Å²) in [5.74, 6) is 1.41. The van der Waals surface area contributed by atoms with E-state index in [9.17, 15) is 4.79 Å². The van der Waals surface area contributed by atoms with Gasteiger partial charge in [-0.2, -0.15) is 5.10 Å². The molecule has 1 saturated heterocycles. The Bertz CT molecular complexity index is 891. The third-order valence-corrected chi connectivity index (χ3v) is 4.79. The molecule has 1 unspecified atom stereocenters. The van der Waals surface area contributed by atoms with Crippen molar-refractivity contribution in [1.29, 1.82) is 0 Å². The largest absolute Gasteiger partial charge is 0.443 e. The second-order valence-electron chi connectivity index (χ2n) is 6.42. The normalized spacial score (nSPS) is 17.0. The van der Waals surface area contributed by atoms with Gasteiger partial charge in [0.1, 0.15) is 18.3 Å². The Hall–Kier alpha value is -2.60. The van der Waals surface area contributed by atoms with E-state index in [1.165, 1.54) is 0 Å². The summed E-state index contributed by atoms with van der Waals surface area (Å²) in [6.45, 7) is 0.955. The monoisotopic (exact) mass is 370 g/mol. The average Bonchev–Trinajstić information content (AvgIpc) is 3.36. The number of hydrogen-bond acceptors (Lipinski definition) is 4. The number of halogens is 1. The fourth-order valence-corrected chi connectivity index (χ4v) is 3.56. The summed E-state index contributed by atoms with van der Waals surface area (Å²) in [6.07, 6.45) is 7.64. The highest BCUT2D eigenvalue weighted by atomic mass is 35.5. The third-order valence-electron chi connectivity index (χ3n) is 4.55. The summed E-state index contributed by atoms with van der Waals surface area (Å²) in [6, 6.07) is 9.39. The zero-order valence-electron chi connectivity index (χ0n) is 14.2. The number of hydrogen-bond donors (Lipinski definition) is 0. The summed E-state index contributed by atoms with van der Waals surface area (Å²) in [5.41, 5.74) is 1.07. The van der Waals surface area contributed by atoms with Crippen LogP contribution in [-0.2, 0) is 17.8 Å². The van der Waals surface area contributed by atoms with Crippen LogP contribution in [0.15, 0.2) is 53.3 Å². The number of oxazole rings is 1. The topological polar surface area (TPSA) is 64.2 Å². The van der Waals surface area contributed by atoms with Crippen molar-refractivity contribution in [1.82, 2.24) is 19.7 Å². The van der Waals surface area contributed by atoms with Crippen LogP contribution in [-0.4, -0.2) is 32.1 Å². The van der Waals surface area contributed by atoms with Crippen molar-refractivity contribution < 1.29 is 9.21 Å². The van der Waals surface area contributed by atoms with E-state index in [2.05, 4.69) is 10.1 Å². The number of benzene rings is 1. The maximum absolute atomic E-state index is 12.6. The van der Waals surface area contributed by atoms with Crippen molar-refractivity contribution >= 4 is 17.5 Å². The van der Waals surface area contributed by atoms with E-state index >= 15 is 0 Å². The lowest BCUT2D eigenvalue weighted by atomic mass is 10.1. The summed E-state index contributed by atoms with van der Waals surface area (Å²) in [7, 11) is 0. The second-order valence-corrected chi connectivity index (χ2v) is 6.86. The van der Waals surface area contributed by atoms with Gasteiger partial charge < -0.3 is 9.32 Å². The van der Waals surface area contributed by atoms with Crippen molar-refractivity contribution in [3.05, 3.63) is 71.2 Å². The van der Waals surface area contributed by atoms with Gasteiger partial charge in [-0.05, 0) is 36.6 Å². The van der Waals surface area contributed by atoms with E-state index in [0.29, 0.717) is 17.3 Å². The molecule has 26 heavy (non-hydrogen) atoms. The predicted molar refractivity (Wildman–Crippen MR) is 96.7 cm³/mol. The Morgan fingerprint density at radius 3 is 3.08 bits per heavy atom. The Balaban J connectivity index is 1.46. The van der Waals surface area contributed by atoms with Crippen molar-refractivity contribution in [2.24, 2.45) is 0 Å². The summed E-state index contributed by atoms with van der Waals surface area (Å²) in [4.78, 5) is 18.9. The minimum atomic E-state index is -0.105. The van der Waals surface area contributed by atoms with E-state index in [1.807, 2.05) is 35.2 Å². The molecule has 1 amide bonds. The molecule has 1 aliphatic heterocycles. The van der Waals surface area contributed by atoms with Crippen LogP contribution >= 0.6 is 11.6 Å². The average molecular weight is 371 g/mol. The highest BCUT2D eigenvalue weighted by molar-refractivity contribution is 6.30. The minimum Gasteiger partial charge on any atom is -0.443 e. The molecule has 4 rings (SSSR count). The van der Waals surface area contributed by atoms with Gasteiger partial charge in [0.15, 0.2) is 0 Å². The van der Waals surface area contributed by atoms with Crippen molar-refractivity contribution in [3.8, 4) is 0 Å². The summed E-state index contributed by atoms with van der Waals surface area (Å²) in [5, 5.41) is 4.81. The molecule has 3 aromatic rings. The fourth-order valence-electron chi connectivity index (χ4n) is 3.35. The molecule has 134 valence electrons. The summed E-state index contributed by atoms with van der Waals surface area (Å²) >= 11 is 6.03. The van der Waals surface area contributed by atoms with Gasteiger partial charge in [-0.1, -0.05) is 23.7 Å². The molecule has 0 radical (unpaired) electrons. The third kappa shape index (κ3) is 3.65. The molecule has 0 aliphatic carbocycles. The molecule has 1 atom stereocenters. The first kappa shape index (κ1) is 16.8. The Kier molecular flexibility index (Phi) is 4.75. The van der Waals surface area contributed by atoms with Gasteiger partial charge in [0.2, 0.25) is 11.8 Å². The number of aromatic nitrogens is 3. The van der Waals surface area contributed by atoms with E-state index in [4.69, 9.17) is 16.0 Å². The Morgan fingerprint density at radius 1 is 1.35 bits per heavy atom. The van der Waals surface area contributed by atoms with Crippen molar-refractivity contribution in [3.63, 3.8) is 0 Å². The first-order chi connectivity index (χ1) is 12.7. The highest BCUT2D eigenvalue weighted by Gasteiger charge is 2.33. The van der Waals surface area contributed by atoms with Crippen LogP contribution in [0.3, 0.4) is 0 Å². The van der Waals surface area contributed by atoms with Crippen molar-refractivity contribution in [2.75, 3.05) is 6.54 Å². The van der Waals surface area contributed by atoms with Gasteiger partial charge in [-0.15, -0.1) is 0 Å². The lowest BCUT2D eigenvalue weighted by molar-refractivity contribution is -0.133. The van der Waals surface area contributed by atoms with Crippen molar-refractivity contribution in [2.45, 2.75) is 31.8 Å². The molecule has 0 bridgehead atoms. The Labute approximate surface area is 156 Å². The molecule has 6 nitrogen and oxygen atoms in total. The quantitative estimate of drug-likeness (QED) is 0.689. The molecule has 1 aliphatic rings. The van der Waals surface area contributed by atoms with Crippen LogP contribution in [0.2, 0.25) is 5.02 Å². The van der Waals surface area contributed by atoms with Gasteiger partial charge in [-0.3, -0.25) is 9.48 Å². The van der Waals surface area contributed by atoms with E-state index < -0.39 is 0 Å². The number of carbonyl (C=O) groups excluding carboxylic acids is 1. The lowest BCUT2D eigenvalue weighted by Crippen LogP contribution is -2.33. The van der Waals surface area contributed by atoms with Crippen LogP contribution in [0.1, 0.15) is 36.1 Å². The molecule has 1 fully saturated rings. The first-order valence-electron chi connectivity index (χ1n) is 8.65. The van der Waals surface area contributed by atoms with Gasteiger partial charge in [-0.25, -0.2) is 4.98 Å². The van der Waals surface area contributed by atoms with Crippen LogP contribution in [0, 0.1) is 0 Å². The number of nitrogens with zero attached hydrogens (tertiary/aromatic N) is 4. The van der Waals surface area contributed by atoms with Gasteiger partial charge in [0.25, 0.3) is 0 Å². The molecule has 2 aromatic heterocycles. The van der Waals surface area contributed by atoms with E-state index in [-0.39, 0.29) is 18.5 Å². The molecular weight excluding hydrogens is 352 g/mol. The van der Waals surface area contributed by atoms with E-state index in [0.717, 1.165) is 30.7 Å². The van der Waals surface area contributed by atoms with Gasteiger partial charge in [0, 0.05) is 30.4 Å². The molecule has 7 heteroatoms. The van der Waals surface area contributed by atoms with Crippen LogP contribution in [0.25, 0.3) is 0 Å². The highest BCUT2D eigenvalue weighted by Crippen LogP contribution is 2.32. The lowest BCUT2D eigenvalue weighted by Gasteiger charge is -2.22. The number of rotatable bonds is 5. The molecular formula is C19H19ClN4O2. The predicted octanol–water partition coefficient (Wildman–Crippen LogP) is 3.48. The molecule has 1 aromatic carbocycles. The van der Waals surface area contributed by atoms with Crippen LogP contribution < -0.4 is 0 Å². The standard InChI is InChI=1S/C19H19ClN4O2/c20-15-5-1-4-14(10-15)11-16-12-21-19(26-16)17-6-2-9-24(17)18(25)13-23-8-3-7-22-23/h1,3-5,7-8,10,12,17H,2,6,9,11,13H2. The van der Waals surface area contributed by atoms with Crippen LogP contribution in [0.5, 0.6) is 0 Å². The SMILES string of the molecule is O=C(Cn1cccn1)N1CCCC1c1ncc(Cc2cccc(Cl)c2)o1.